The summed E-state index contributed by atoms with van der Waals surface area (Å²) in [7, 11) is -0.0614. The normalized spacial score (nSPS) is 34.8. The van der Waals surface area contributed by atoms with Gasteiger partial charge >= 0.3 is 7.12 Å². The molecule has 0 aromatic rings. The van der Waals surface area contributed by atoms with E-state index >= 15 is 0 Å². The molecular formula is C12H20BNO2. The van der Waals surface area contributed by atoms with Crippen LogP contribution in [-0.2, 0) is 9.31 Å². The van der Waals surface area contributed by atoms with Gasteiger partial charge in [0.1, 0.15) is 0 Å². The van der Waals surface area contributed by atoms with Gasteiger partial charge in [-0.2, -0.15) is 5.26 Å². The average Bonchev–Trinajstić information content (AvgIpc) is 2.87. The Hall–Kier alpha value is -0.525. The fourth-order valence-electron chi connectivity index (χ4n) is 2.25. The third kappa shape index (κ3) is 1.99. The first-order chi connectivity index (χ1) is 7.37. The molecule has 1 aliphatic carbocycles. The molecule has 16 heavy (non-hydrogen) atoms. The number of hydrogen-bond acceptors (Lipinski definition) is 3. The minimum absolute atomic E-state index is 0.0614. The lowest BCUT2D eigenvalue weighted by atomic mass is 9.80. The van der Waals surface area contributed by atoms with E-state index < -0.39 is 0 Å². The monoisotopic (exact) mass is 221 g/mol. The van der Waals surface area contributed by atoms with E-state index in [4.69, 9.17) is 14.6 Å². The van der Waals surface area contributed by atoms with E-state index in [1.165, 1.54) is 0 Å². The molecule has 2 atom stereocenters. The lowest BCUT2D eigenvalue weighted by Gasteiger charge is -2.32. The highest BCUT2D eigenvalue weighted by Crippen LogP contribution is 2.54. The van der Waals surface area contributed by atoms with Crippen molar-refractivity contribution in [3.05, 3.63) is 0 Å². The van der Waals surface area contributed by atoms with Crippen molar-refractivity contribution in [2.45, 2.75) is 64.0 Å². The quantitative estimate of drug-likeness (QED) is 0.688. The van der Waals surface area contributed by atoms with Gasteiger partial charge in [0.25, 0.3) is 0 Å². The summed E-state index contributed by atoms with van der Waals surface area (Å²) in [4.78, 5) is 0. The Labute approximate surface area is 98.3 Å². The molecule has 3 nitrogen and oxygen atoms in total. The summed E-state index contributed by atoms with van der Waals surface area (Å²) in [6.07, 6.45) is 2.80. The van der Waals surface area contributed by atoms with Gasteiger partial charge in [0.05, 0.1) is 17.3 Å². The average molecular weight is 221 g/mol. The lowest BCUT2D eigenvalue weighted by Crippen LogP contribution is -2.41. The smallest absolute Gasteiger partial charge is 0.403 e. The second kappa shape index (κ2) is 3.75. The van der Waals surface area contributed by atoms with Crippen LogP contribution < -0.4 is 0 Å². The van der Waals surface area contributed by atoms with Crippen molar-refractivity contribution in [3.63, 3.8) is 0 Å². The summed E-state index contributed by atoms with van der Waals surface area (Å²) < 4.78 is 12.0. The molecule has 1 saturated carbocycles. The standard InChI is InChI=1S/C12H20BNO2/c1-11(2)12(3,4)16-13(15-11)10-8-9(10)6-5-7-14/h9-10H,5-6,8H2,1-4H3/t9-,10?/m0/s1. The topological polar surface area (TPSA) is 42.2 Å². The third-order valence-corrected chi connectivity index (χ3v) is 4.23. The van der Waals surface area contributed by atoms with Crippen LogP contribution in [0.3, 0.4) is 0 Å². The first kappa shape index (κ1) is 11.9. The van der Waals surface area contributed by atoms with E-state index in [0.29, 0.717) is 18.2 Å². The molecule has 0 amide bonds. The van der Waals surface area contributed by atoms with Crippen LogP contribution in [0.5, 0.6) is 0 Å². The van der Waals surface area contributed by atoms with Crippen LogP contribution in [0, 0.1) is 17.2 Å². The number of nitriles is 1. The van der Waals surface area contributed by atoms with Crippen molar-refractivity contribution >= 4 is 7.12 Å². The lowest BCUT2D eigenvalue weighted by molar-refractivity contribution is 0.00578. The molecule has 2 fully saturated rings. The van der Waals surface area contributed by atoms with Crippen LogP contribution in [0.25, 0.3) is 0 Å². The van der Waals surface area contributed by atoms with Crippen molar-refractivity contribution in [3.8, 4) is 6.07 Å². The molecule has 1 saturated heterocycles. The first-order valence-electron chi connectivity index (χ1n) is 6.10. The highest BCUT2D eigenvalue weighted by molar-refractivity contribution is 6.48. The zero-order chi connectivity index (χ0) is 12.0. The van der Waals surface area contributed by atoms with E-state index in [-0.39, 0.29) is 18.3 Å². The fraction of sp³-hybridized carbons (Fsp3) is 0.917. The van der Waals surface area contributed by atoms with Crippen molar-refractivity contribution < 1.29 is 9.31 Å². The molecule has 1 aliphatic heterocycles. The van der Waals surface area contributed by atoms with E-state index in [1.807, 2.05) is 0 Å². The van der Waals surface area contributed by atoms with Crippen molar-refractivity contribution in [2.75, 3.05) is 0 Å². The molecule has 0 radical (unpaired) electrons. The second-order valence-corrected chi connectivity index (χ2v) is 5.98. The highest BCUT2D eigenvalue weighted by Gasteiger charge is 2.59. The van der Waals surface area contributed by atoms with Crippen molar-refractivity contribution in [2.24, 2.45) is 5.92 Å². The molecule has 1 unspecified atom stereocenters. The molecule has 0 aromatic carbocycles. The Morgan fingerprint density at radius 2 is 1.81 bits per heavy atom. The predicted molar refractivity (Wildman–Crippen MR) is 62.8 cm³/mol. The van der Waals surface area contributed by atoms with Gasteiger partial charge in [0, 0.05) is 6.42 Å². The third-order valence-electron chi connectivity index (χ3n) is 4.23. The van der Waals surface area contributed by atoms with E-state index in [0.717, 1.165) is 12.8 Å². The van der Waals surface area contributed by atoms with Gasteiger partial charge in [0.2, 0.25) is 0 Å². The van der Waals surface area contributed by atoms with Crippen LogP contribution in [0.2, 0.25) is 5.82 Å². The zero-order valence-corrected chi connectivity index (χ0v) is 10.6. The van der Waals surface area contributed by atoms with E-state index in [2.05, 4.69) is 33.8 Å². The summed E-state index contributed by atoms with van der Waals surface area (Å²) in [5, 5.41) is 8.55. The summed E-state index contributed by atoms with van der Waals surface area (Å²) >= 11 is 0. The summed E-state index contributed by atoms with van der Waals surface area (Å²) in [5.74, 6) is 1.14. The van der Waals surface area contributed by atoms with Gasteiger partial charge in [0.15, 0.2) is 0 Å². The van der Waals surface area contributed by atoms with Gasteiger partial charge in [-0.25, -0.2) is 0 Å². The van der Waals surface area contributed by atoms with Crippen molar-refractivity contribution in [1.82, 2.24) is 0 Å². The SMILES string of the molecule is CC1(C)OB(C2C[C@@H]2CCC#N)OC1(C)C. The zero-order valence-electron chi connectivity index (χ0n) is 10.6. The number of hydrogen-bond donors (Lipinski definition) is 0. The van der Waals surface area contributed by atoms with Gasteiger partial charge in [-0.15, -0.1) is 0 Å². The molecular weight excluding hydrogens is 201 g/mol. The maximum Gasteiger partial charge on any atom is 0.461 e. The Morgan fingerprint density at radius 1 is 1.25 bits per heavy atom. The van der Waals surface area contributed by atoms with Gasteiger partial charge in [-0.3, -0.25) is 0 Å². The summed E-state index contributed by atoms with van der Waals surface area (Å²) in [6, 6.07) is 2.20. The summed E-state index contributed by atoms with van der Waals surface area (Å²) in [5.41, 5.74) is -0.444. The predicted octanol–water partition coefficient (Wildman–Crippen LogP) is 2.77. The molecule has 4 heteroatoms. The molecule has 0 N–H and O–H groups in total. The largest absolute Gasteiger partial charge is 0.461 e. The van der Waals surface area contributed by atoms with Crippen molar-refractivity contribution in [1.29, 1.82) is 5.26 Å². The first-order valence-corrected chi connectivity index (χ1v) is 6.10. The van der Waals surface area contributed by atoms with E-state index in [9.17, 15) is 0 Å². The minimum atomic E-state index is -0.222. The fourth-order valence-corrected chi connectivity index (χ4v) is 2.25. The minimum Gasteiger partial charge on any atom is -0.403 e. The summed E-state index contributed by atoms with van der Waals surface area (Å²) in [6.45, 7) is 8.33. The number of rotatable bonds is 3. The Bertz CT molecular complexity index is 305. The molecule has 88 valence electrons. The second-order valence-electron chi connectivity index (χ2n) is 5.98. The highest BCUT2D eigenvalue weighted by atomic mass is 16.7. The molecule has 0 bridgehead atoms. The van der Waals surface area contributed by atoms with Crippen LogP contribution in [0.4, 0.5) is 0 Å². The van der Waals surface area contributed by atoms with Crippen LogP contribution in [-0.4, -0.2) is 18.3 Å². The van der Waals surface area contributed by atoms with Gasteiger partial charge < -0.3 is 9.31 Å². The maximum atomic E-state index is 8.55. The van der Waals surface area contributed by atoms with Crippen LogP contribution >= 0.6 is 0 Å². The number of nitrogens with zero attached hydrogens (tertiary/aromatic N) is 1. The van der Waals surface area contributed by atoms with Crippen LogP contribution in [0.1, 0.15) is 47.0 Å². The molecule has 0 aromatic heterocycles. The van der Waals surface area contributed by atoms with E-state index in [1.54, 1.807) is 0 Å². The Balaban J connectivity index is 1.89. The molecule has 0 spiro atoms. The van der Waals surface area contributed by atoms with Crippen LogP contribution in [0.15, 0.2) is 0 Å². The molecule has 2 rings (SSSR count). The molecule has 1 heterocycles. The molecule has 2 aliphatic rings. The van der Waals surface area contributed by atoms with Gasteiger partial charge in [-0.05, 0) is 52.3 Å². The Morgan fingerprint density at radius 3 is 2.31 bits per heavy atom. The Kier molecular flexibility index (Phi) is 2.80. The van der Waals surface area contributed by atoms with Gasteiger partial charge in [-0.1, -0.05) is 0 Å². The maximum absolute atomic E-state index is 8.55.